The molecule has 1 N–H and O–H groups in total. The number of aryl methyl sites for hydroxylation is 4. The number of benzene rings is 5. The van der Waals surface area contributed by atoms with Crippen molar-refractivity contribution >= 4 is 22.7 Å². The van der Waals surface area contributed by atoms with Crippen molar-refractivity contribution in [3.8, 4) is 90.3 Å². The van der Waals surface area contributed by atoms with E-state index in [2.05, 4.69) is 54.5 Å². The number of hydrogen-bond donors (Lipinski definition) is 1. The van der Waals surface area contributed by atoms with Gasteiger partial charge in [0.25, 0.3) is 22.2 Å². The molecule has 0 amide bonds. The minimum atomic E-state index is -4.78. The number of nitrogens with one attached hydrogen (secondary N) is 1. The molecule has 0 radical (unpaired) electrons. The Morgan fingerprint density at radius 3 is 1.03 bits per heavy atom. The van der Waals surface area contributed by atoms with Gasteiger partial charge in [0.1, 0.15) is 23.0 Å². The second-order valence-electron chi connectivity index (χ2n) is 27.2. The first-order valence-electron chi connectivity index (χ1n) is 36.5. The lowest BCUT2D eigenvalue weighted by Crippen LogP contribution is -2.37. The fraction of sp³-hybridized carbons (Fsp3) is 0.244. The molecule has 0 aliphatic carbocycles. The summed E-state index contributed by atoms with van der Waals surface area (Å²) in [6, 6.07) is 36.6. The number of nitrogens with zero attached hydrogens (tertiary/aromatic N) is 15. The Bertz CT molecular complexity index is 5690. The van der Waals surface area contributed by atoms with Gasteiger partial charge < -0.3 is 43.7 Å². The van der Waals surface area contributed by atoms with Gasteiger partial charge in [0.15, 0.2) is 0 Å². The Hall–Kier alpha value is -13.7. The second kappa shape index (κ2) is 36.2. The van der Waals surface area contributed by atoms with Crippen LogP contribution >= 0.6 is 0 Å². The van der Waals surface area contributed by atoms with Gasteiger partial charge in [0, 0.05) is 222 Å². The number of pyridine rings is 4. The van der Waals surface area contributed by atoms with Crippen LogP contribution in [0.5, 0.6) is 23.0 Å². The first-order valence-corrected chi connectivity index (χ1v) is 36.5. The molecule has 0 atom stereocenters. The van der Waals surface area contributed by atoms with Crippen molar-refractivity contribution in [3.63, 3.8) is 0 Å². The predicted molar refractivity (Wildman–Crippen MR) is 421 cm³/mol. The number of alkyl halides is 12. The molecule has 25 nitrogen and oxygen atoms in total. The third-order valence-electron chi connectivity index (χ3n) is 18.6. The van der Waals surface area contributed by atoms with Crippen molar-refractivity contribution in [2.45, 2.75) is 51.3 Å². The maximum atomic E-state index is 13.0. The second-order valence-corrected chi connectivity index (χ2v) is 27.2. The number of aromatic nitrogens is 12. The zero-order valence-corrected chi connectivity index (χ0v) is 64.4. The zero-order chi connectivity index (χ0) is 85.1. The molecule has 10 heterocycles. The van der Waals surface area contributed by atoms with E-state index in [-0.39, 0.29) is 45.2 Å². The summed E-state index contributed by atoms with van der Waals surface area (Å²) in [6.45, 7) is 4.77. The number of rotatable bonds is 18. The first-order chi connectivity index (χ1) is 56.6. The van der Waals surface area contributed by atoms with E-state index in [0.717, 1.165) is 99.5 Å². The molecule has 2 aliphatic rings. The van der Waals surface area contributed by atoms with Crippen LogP contribution < -0.4 is 61.2 Å². The summed E-state index contributed by atoms with van der Waals surface area (Å²) in [7, 11) is 10.8. The quantitative estimate of drug-likeness (QED) is 0.0788. The highest BCUT2D eigenvalue weighted by molar-refractivity contribution is 5.81. The molecular weight excluding hydrogens is 1580 g/mol. The molecule has 13 aromatic rings. The summed E-state index contributed by atoms with van der Waals surface area (Å²) < 4.78 is 182. The highest BCUT2D eigenvalue weighted by Crippen LogP contribution is 2.37. The van der Waals surface area contributed by atoms with E-state index in [9.17, 15) is 71.9 Å². The van der Waals surface area contributed by atoms with E-state index in [1.54, 1.807) is 109 Å². The summed E-state index contributed by atoms with van der Waals surface area (Å²) in [6.07, 6.45) is 5.07. The van der Waals surface area contributed by atoms with E-state index in [4.69, 9.17) is 4.74 Å². The van der Waals surface area contributed by atoms with Crippen molar-refractivity contribution in [1.82, 2.24) is 57.4 Å². The van der Waals surface area contributed by atoms with Gasteiger partial charge in [0.05, 0.1) is 55.1 Å². The van der Waals surface area contributed by atoms with Crippen molar-refractivity contribution in [1.29, 1.82) is 0 Å². The lowest BCUT2D eigenvalue weighted by atomic mass is 10.1. The highest BCUT2D eigenvalue weighted by Gasteiger charge is 2.34. The smallest absolute Gasteiger partial charge is 0.406 e. The van der Waals surface area contributed by atoms with Crippen LogP contribution in [0, 0.1) is 0 Å². The Labute approximate surface area is 670 Å². The standard InChI is InChI=1S/C24H21F3N4O2.C21H21F3N4O2.C20H19F3N4O3.C17H15F3N4O2/c1-29(14-17-6-4-3-5-7-17)22-12-23(32)31(16-21(22)18-13-28-30(2)15-18)19-8-10-20(11-9-19)33-24(25,26)27;1-26-13-15(12-25-26)18-14-28(16-5-7-17(8-6-16)30-21(22,23)24)20(29)11-19(18)27-9-3-2-4-10-27;1-25-12-14(11-24-25)17-13-27(15-2-4-16(5-3-15)30-20(21,22)23)19(28)10-18(17)26-6-8-29-9-7-26;1-21-15-7-16(25)24(10-14(15)11-8-22-23(2)9-11)12-3-5-13(6-4-12)26-17(18,19)20/h3-13,15-16H,14H2,1-2H3;5-8,11-14H,2-4,9-10H2,1H3;2-5,10-13H,6-9H2,1H3;3-10,21H,1-2H3. The van der Waals surface area contributed by atoms with Gasteiger partial charge in [-0.3, -0.25) is 56.2 Å². The van der Waals surface area contributed by atoms with E-state index in [0.29, 0.717) is 67.0 Å². The lowest BCUT2D eigenvalue weighted by Gasteiger charge is -2.30. The largest absolute Gasteiger partial charge is 0.573 e. The monoisotopic (exact) mass is 1660 g/mol. The molecule has 0 spiro atoms. The zero-order valence-electron chi connectivity index (χ0n) is 64.4. The van der Waals surface area contributed by atoms with E-state index in [1.165, 1.54) is 128 Å². The van der Waals surface area contributed by atoms with Crippen molar-refractivity contribution in [3.05, 3.63) is 273 Å². The minimum absolute atomic E-state index is 0.257. The molecule has 15 rings (SSSR count). The predicted octanol–water partition coefficient (Wildman–Crippen LogP) is 15.1. The number of piperidine rings is 1. The van der Waals surface area contributed by atoms with Crippen LogP contribution in [0.4, 0.5) is 75.4 Å². The van der Waals surface area contributed by atoms with Crippen LogP contribution in [0.1, 0.15) is 24.8 Å². The van der Waals surface area contributed by atoms with Gasteiger partial charge in [0.2, 0.25) is 0 Å². The molecule has 5 aromatic carbocycles. The Kier molecular flexibility index (Phi) is 25.7. The molecule has 8 aromatic heterocycles. The van der Waals surface area contributed by atoms with Crippen molar-refractivity contribution in [2.24, 2.45) is 28.2 Å². The molecule has 0 saturated carbocycles. The summed E-state index contributed by atoms with van der Waals surface area (Å²) in [4.78, 5) is 57.4. The van der Waals surface area contributed by atoms with Crippen LogP contribution in [0.2, 0.25) is 0 Å². The summed E-state index contributed by atoms with van der Waals surface area (Å²) in [5.74, 6) is -1.40. The highest BCUT2D eigenvalue weighted by atomic mass is 19.4. The van der Waals surface area contributed by atoms with Gasteiger partial charge in [-0.2, -0.15) is 20.4 Å². The normalized spacial score (nSPS) is 13.1. The maximum Gasteiger partial charge on any atom is 0.573 e. The fourth-order valence-electron chi connectivity index (χ4n) is 13.2. The minimum Gasteiger partial charge on any atom is -0.406 e. The maximum absolute atomic E-state index is 13.0. The summed E-state index contributed by atoms with van der Waals surface area (Å²) >= 11 is 0. The number of morpholine rings is 1. The molecule has 622 valence electrons. The third-order valence-corrected chi connectivity index (χ3v) is 18.6. The van der Waals surface area contributed by atoms with Crippen LogP contribution in [0.3, 0.4) is 0 Å². The molecule has 2 saturated heterocycles. The number of halogens is 12. The van der Waals surface area contributed by atoms with Gasteiger partial charge >= 0.3 is 25.4 Å². The Morgan fingerprint density at radius 2 is 0.697 bits per heavy atom. The van der Waals surface area contributed by atoms with Gasteiger partial charge in [-0.1, -0.05) is 30.3 Å². The van der Waals surface area contributed by atoms with E-state index >= 15 is 0 Å². The SMILES string of the molecule is CN(Cc1ccccc1)c1cc(=O)n(-c2ccc(OC(F)(F)F)cc2)cc1-c1cnn(C)c1.CNc1cc(=O)n(-c2ccc(OC(F)(F)F)cc2)cc1-c1cnn(C)c1.Cn1cc(-c2cn(-c3ccc(OC(F)(F)F)cc3)c(=O)cc2N2CCCCC2)cn1.Cn1cc(-c2cn(-c3ccc(OC(F)(F)F)cc3)c(=O)cc2N2CCOCC2)cn1. The van der Waals surface area contributed by atoms with Crippen molar-refractivity contribution < 1.29 is 76.4 Å². The molecule has 119 heavy (non-hydrogen) atoms. The molecule has 0 bridgehead atoms. The van der Waals surface area contributed by atoms with Crippen LogP contribution in [-0.2, 0) is 39.5 Å². The topological polar surface area (TPSA) is 227 Å². The number of hydrogen-bond acceptors (Lipinski definition) is 17. The fourth-order valence-corrected chi connectivity index (χ4v) is 13.2. The number of anilines is 4. The van der Waals surface area contributed by atoms with Crippen LogP contribution in [0.15, 0.2) is 245 Å². The third kappa shape index (κ3) is 22.5. The van der Waals surface area contributed by atoms with Gasteiger partial charge in [-0.25, -0.2) is 0 Å². The van der Waals surface area contributed by atoms with E-state index < -0.39 is 25.4 Å². The van der Waals surface area contributed by atoms with Gasteiger partial charge in [-0.15, -0.1) is 52.7 Å². The molecule has 37 heteroatoms. The number of ether oxygens (including phenoxy) is 5. The molecular formula is C82H76F12N16O9. The average Bonchev–Trinajstić information content (AvgIpc) is 1.79. The van der Waals surface area contributed by atoms with Gasteiger partial charge in [-0.05, 0) is 122 Å². The Morgan fingerprint density at radius 1 is 0.387 bits per heavy atom. The lowest BCUT2D eigenvalue weighted by molar-refractivity contribution is -0.275. The van der Waals surface area contributed by atoms with E-state index in [1.807, 2.05) is 67.9 Å². The molecule has 2 fully saturated rings. The van der Waals surface area contributed by atoms with Crippen LogP contribution in [-0.4, -0.2) is 136 Å². The molecule has 2 aliphatic heterocycles. The average molecular weight is 1660 g/mol. The first kappa shape index (κ1) is 84.7. The van der Waals surface area contributed by atoms with Crippen LogP contribution in [0.25, 0.3) is 67.3 Å². The Balaban J connectivity index is 0.000000146. The molecule has 0 unspecified atom stereocenters. The van der Waals surface area contributed by atoms with Crippen molar-refractivity contribution in [2.75, 3.05) is 73.5 Å². The summed E-state index contributed by atoms with van der Waals surface area (Å²) in [5, 5.41) is 19.8. The summed E-state index contributed by atoms with van der Waals surface area (Å²) in [5.41, 5.74) is 11.0.